The minimum atomic E-state index is -0.146. The number of aromatic nitrogens is 3. The van der Waals surface area contributed by atoms with Crippen LogP contribution in [-0.4, -0.2) is 45.3 Å². The van der Waals surface area contributed by atoms with E-state index in [1.54, 1.807) is 4.68 Å². The maximum atomic E-state index is 11.7. The molecule has 0 radical (unpaired) electrons. The highest BCUT2D eigenvalue weighted by molar-refractivity contribution is 5.75. The molecule has 6 nitrogen and oxygen atoms in total. The van der Waals surface area contributed by atoms with Crippen LogP contribution in [0.15, 0.2) is 6.33 Å². The van der Waals surface area contributed by atoms with Gasteiger partial charge in [-0.2, -0.15) is 5.10 Å². The van der Waals surface area contributed by atoms with Crippen molar-refractivity contribution < 1.29 is 9.53 Å². The number of piperidine rings is 1. The van der Waals surface area contributed by atoms with Crippen molar-refractivity contribution in [2.24, 2.45) is 7.05 Å². The molecule has 1 aliphatic heterocycles. The molecular weight excluding hydrogens is 220 g/mol. The van der Waals surface area contributed by atoms with E-state index in [1.165, 1.54) is 13.4 Å². The first-order valence-corrected chi connectivity index (χ1v) is 5.87. The van der Waals surface area contributed by atoms with Crippen LogP contribution in [-0.2, 0) is 23.1 Å². The number of likely N-dealkylation sites (tertiary alicyclic amines) is 1. The normalized spacial score (nSPS) is 21.4. The predicted octanol–water partition coefficient (Wildman–Crippen LogP) is 0.343. The molecule has 1 unspecified atom stereocenters. The maximum absolute atomic E-state index is 11.7. The number of nitrogens with zero attached hydrogens (tertiary/aromatic N) is 4. The lowest BCUT2D eigenvalue weighted by Crippen LogP contribution is -2.45. The van der Waals surface area contributed by atoms with Crippen molar-refractivity contribution in [1.29, 1.82) is 0 Å². The molecule has 1 aliphatic rings. The highest BCUT2D eigenvalue weighted by Crippen LogP contribution is 2.19. The van der Waals surface area contributed by atoms with Gasteiger partial charge in [-0.25, -0.2) is 4.98 Å². The number of aryl methyl sites for hydroxylation is 1. The first kappa shape index (κ1) is 12.0. The number of hydrogen-bond donors (Lipinski definition) is 0. The molecule has 1 aromatic rings. The number of hydrogen-bond acceptors (Lipinski definition) is 5. The van der Waals surface area contributed by atoms with Gasteiger partial charge in [0.1, 0.15) is 18.2 Å². The SMILES string of the molecule is COC(=O)C1CCCCN1Cc1ncnn1C. The maximum Gasteiger partial charge on any atom is 0.323 e. The van der Waals surface area contributed by atoms with Gasteiger partial charge in [-0.05, 0) is 19.4 Å². The van der Waals surface area contributed by atoms with Crippen LogP contribution >= 0.6 is 0 Å². The van der Waals surface area contributed by atoms with Crippen LogP contribution in [0.4, 0.5) is 0 Å². The standard InChI is InChI=1S/C11H18N4O2/c1-14-10(12-8-13-14)7-15-6-4-3-5-9(15)11(16)17-2/h8-9H,3-7H2,1-2H3. The predicted molar refractivity (Wildman–Crippen MR) is 61.1 cm³/mol. The third-order valence-corrected chi connectivity index (χ3v) is 3.24. The molecule has 0 bridgehead atoms. The zero-order valence-corrected chi connectivity index (χ0v) is 10.3. The van der Waals surface area contributed by atoms with Crippen LogP contribution in [0.2, 0.25) is 0 Å². The Morgan fingerprint density at radius 3 is 3.06 bits per heavy atom. The number of ether oxygens (including phenoxy) is 1. The summed E-state index contributed by atoms with van der Waals surface area (Å²) in [6.45, 7) is 1.56. The van der Waals surface area contributed by atoms with Gasteiger partial charge in [0, 0.05) is 7.05 Å². The van der Waals surface area contributed by atoms with E-state index in [0.29, 0.717) is 6.54 Å². The molecule has 1 saturated heterocycles. The molecule has 0 amide bonds. The summed E-state index contributed by atoms with van der Waals surface area (Å²) < 4.78 is 6.58. The van der Waals surface area contributed by atoms with Crippen LogP contribution in [0, 0.1) is 0 Å². The Bertz CT molecular complexity index is 391. The van der Waals surface area contributed by atoms with E-state index >= 15 is 0 Å². The van der Waals surface area contributed by atoms with Crippen LogP contribution in [0.25, 0.3) is 0 Å². The second-order valence-corrected chi connectivity index (χ2v) is 4.31. The quantitative estimate of drug-likeness (QED) is 0.711. The minimum absolute atomic E-state index is 0.134. The largest absolute Gasteiger partial charge is 0.468 e. The summed E-state index contributed by atoms with van der Waals surface area (Å²) in [7, 11) is 3.30. The lowest BCUT2D eigenvalue weighted by atomic mass is 10.0. The Kier molecular flexibility index (Phi) is 3.73. The fourth-order valence-corrected chi connectivity index (χ4v) is 2.23. The molecule has 0 aliphatic carbocycles. The summed E-state index contributed by atoms with van der Waals surface area (Å²) >= 11 is 0. The molecular formula is C11H18N4O2. The van der Waals surface area contributed by atoms with Gasteiger partial charge >= 0.3 is 5.97 Å². The zero-order valence-electron chi connectivity index (χ0n) is 10.3. The van der Waals surface area contributed by atoms with E-state index in [4.69, 9.17) is 4.74 Å². The number of esters is 1. The lowest BCUT2D eigenvalue weighted by molar-refractivity contribution is -0.148. The van der Waals surface area contributed by atoms with E-state index in [2.05, 4.69) is 15.0 Å². The van der Waals surface area contributed by atoms with Gasteiger partial charge in [0.15, 0.2) is 0 Å². The Labute approximate surface area is 101 Å². The van der Waals surface area contributed by atoms with E-state index in [9.17, 15) is 4.79 Å². The van der Waals surface area contributed by atoms with Gasteiger partial charge in [0.25, 0.3) is 0 Å². The third kappa shape index (κ3) is 2.63. The average molecular weight is 238 g/mol. The monoisotopic (exact) mass is 238 g/mol. The summed E-state index contributed by atoms with van der Waals surface area (Å²) in [5, 5.41) is 4.03. The highest BCUT2D eigenvalue weighted by atomic mass is 16.5. The molecule has 1 fully saturated rings. The van der Waals surface area contributed by atoms with Gasteiger partial charge in [-0.15, -0.1) is 0 Å². The zero-order chi connectivity index (χ0) is 12.3. The van der Waals surface area contributed by atoms with Gasteiger partial charge in [0.05, 0.1) is 13.7 Å². The molecule has 0 spiro atoms. The highest BCUT2D eigenvalue weighted by Gasteiger charge is 2.30. The topological polar surface area (TPSA) is 60.2 Å². The van der Waals surface area contributed by atoms with E-state index in [-0.39, 0.29) is 12.0 Å². The molecule has 1 atom stereocenters. The fourth-order valence-electron chi connectivity index (χ4n) is 2.23. The third-order valence-electron chi connectivity index (χ3n) is 3.24. The molecule has 0 aromatic carbocycles. The first-order valence-electron chi connectivity index (χ1n) is 5.87. The molecule has 2 heterocycles. The summed E-state index contributed by atoms with van der Waals surface area (Å²) in [6, 6.07) is -0.134. The summed E-state index contributed by atoms with van der Waals surface area (Å²) in [4.78, 5) is 18.0. The Morgan fingerprint density at radius 2 is 2.41 bits per heavy atom. The Balaban J connectivity index is 2.06. The molecule has 1 aromatic heterocycles. The lowest BCUT2D eigenvalue weighted by Gasteiger charge is -2.33. The van der Waals surface area contributed by atoms with Crippen molar-refractivity contribution in [2.45, 2.75) is 31.8 Å². The van der Waals surface area contributed by atoms with Crippen molar-refractivity contribution in [3.63, 3.8) is 0 Å². The van der Waals surface area contributed by atoms with E-state index in [1.807, 2.05) is 7.05 Å². The van der Waals surface area contributed by atoms with Gasteiger partial charge < -0.3 is 4.74 Å². The molecule has 0 saturated carbocycles. The molecule has 17 heavy (non-hydrogen) atoms. The van der Waals surface area contributed by atoms with Crippen molar-refractivity contribution in [2.75, 3.05) is 13.7 Å². The molecule has 2 rings (SSSR count). The molecule has 0 N–H and O–H groups in total. The van der Waals surface area contributed by atoms with Crippen molar-refractivity contribution in [1.82, 2.24) is 19.7 Å². The number of rotatable bonds is 3. The summed E-state index contributed by atoms with van der Waals surface area (Å²) in [6.07, 6.45) is 4.59. The Morgan fingerprint density at radius 1 is 1.59 bits per heavy atom. The van der Waals surface area contributed by atoms with E-state index < -0.39 is 0 Å². The van der Waals surface area contributed by atoms with Crippen molar-refractivity contribution in [3.8, 4) is 0 Å². The number of carbonyl (C=O) groups excluding carboxylic acids is 1. The van der Waals surface area contributed by atoms with Crippen LogP contribution < -0.4 is 0 Å². The van der Waals surface area contributed by atoms with Crippen LogP contribution in [0.1, 0.15) is 25.1 Å². The number of carbonyl (C=O) groups is 1. The average Bonchev–Trinajstić information content (AvgIpc) is 2.75. The molecule has 6 heteroatoms. The summed E-state index contributed by atoms with van der Waals surface area (Å²) in [5.41, 5.74) is 0. The van der Waals surface area contributed by atoms with Crippen LogP contribution in [0.5, 0.6) is 0 Å². The Hall–Kier alpha value is -1.43. The smallest absolute Gasteiger partial charge is 0.323 e. The second kappa shape index (κ2) is 5.27. The van der Waals surface area contributed by atoms with Gasteiger partial charge in [-0.1, -0.05) is 6.42 Å². The van der Waals surface area contributed by atoms with E-state index in [0.717, 1.165) is 31.6 Å². The fraction of sp³-hybridized carbons (Fsp3) is 0.727. The van der Waals surface area contributed by atoms with Crippen molar-refractivity contribution >= 4 is 5.97 Å². The van der Waals surface area contributed by atoms with Gasteiger partial charge in [-0.3, -0.25) is 14.4 Å². The molecule has 94 valence electrons. The first-order chi connectivity index (χ1) is 8.22. The summed E-state index contributed by atoms with van der Waals surface area (Å²) in [5.74, 6) is 0.729. The minimum Gasteiger partial charge on any atom is -0.468 e. The van der Waals surface area contributed by atoms with Crippen LogP contribution in [0.3, 0.4) is 0 Å². The van der Waals surface area contributed by atoms with Gasteiger partial charge in [0.2, 0.25) is 0 Å². The second-order valence-electron chi connectivity index (χ2n) is 4.31. The van der Waals surface area contributed by atoms with Crippen molar-refractivity contribution in [3.05, 3.63) is 12.2 Å². The number of methoxy groups -OCH3 is 1.